The Hall–Kier alpha value is -2.30. The molecule has 1 aromatic carbocycles. The van der Waals surface area contributed by atoms with Crippen LogP contribution in [-0.2, 0) is 24.2 Å². The fourth-order valence-electron chi connectivity index (χ4n) is 2.84. The predicted octanol–water partition coefficient (Wildman–Crippen LogP) is 1.81. The predicted molar refractivity (Wildman–Crippen MR) is 83.7 cm³/mol. The summed E-state index contributed by atoms with van der Waals surface area (Å²) >= 11 is 0. The lowest BCUT2D eigenvalue weighted by atomic mass is 9.97. The first kappa shape index (κ1) is 14.6. The molecule has 0 bridgehead atoms. The molecule has 116 valence electrons. The van der Waals surface area contributed by atoms with Crippen molar-refractivity contribution in [3.05, 3.63) is 48.0 Å². The molecule has 5 heteroatoms. The van der Waals surface area contributed by atoms with E-state index in [-0.39, 0.29) is 11.8 Å². The van der Waals surface area contributed by atoms with Crippen molar-refractivity contribution in [2.75, 3.05) is 13.7 Å². The van der Waals surface area contributed by atoms with E-state index in [0.717, 1.165) is 37.4 Å². The Morgan fingerprint density at radius 3 is 3.00 bits per heavy atom. The SMILES string of the molecule is COc1ccc(CCNC(=O)C2CCn3ccnc3C2)cc1. The summed E-state index contributed by atoms with van der Waals surface area (Å²) in [6.07, 6.45) is 6.24. The largest absolute Gasteiger partial charge is 0.497 e. The zero-order chi connectivity index (χ0) is 15.4. The molecule has 1 aliphatic heterocycles. The van der Waals surface area contributed by atoms with Crippen molar-refractivity contribution in [3.8, 4) is 5.75 Å². The highest BCUT2D eigenvalue weighted by atomic mass is 16.5. The van der Waals surface area contributed by atoms with Crippen LogP contribution in [0.25, 0.3) is 0 Å². The van der Waals surface area contributed by atoms with Gasteiger partial charge in [-0.1, -0.05) is 12.1 Å². The lowest BCUT2D eigenvalue weighted by Gasteiger charge is -2.22. The normalized spacial score (nSPS) is 16.9. The number of carbonyl (C=O) groups is 1. The van der Waals surface area contributed by atoms with Crippen LogP contribution in [0.5, 0.6) is 5.75 Å². The molecule has 0 spiro atoms. The van der Waals surface area contributed by atoms with Crippen LogP contribution in [0.4, 0.5) is 0 Å². The summed E-state index contributed by atoms with van der Waals surface area (Å²) in [4.78, 5) is 16.6. The highest BCUT2D eigenvalue weighted by molar-refractivity contribution is 5.78. The van der Waals surface area contributed by atoms with Gasteiger partial charge in [0, 0.05) is 37.8 Å². The number of nitrogens with zero attached hydrogens (tertiary/aromatic N) is 2. The minimum Gasteiger partial charge on any atom is -0.497 e. The molecule has 0 radical (unpaired) electrons. The number of amides is 1. The molecule has 1 N–H and O–H groups in total. The highest BCUT2D eigenvalue weighted by Crippen LogP contribution is 2.19. The van der Waals surface area contributed by atoms with E-state index in [1.54, 1.807) is 13.3 Å². The maximum absolute atomic E-state index is 12.3. The summed E-state index contributed by atoms with van der Waals surface area (Å²) in [5, 5.41) is 3.05. The number of hydrogen-bond acceptors (Lipinski definition) is 3. The molecule has 2 aromatic rings. The van der Waals surface area contributed by atoms with Gasteiger partial charge in [-0.2, -0.15) is 0 Å². The average Bonchev–Trinajstić information content (AvgIpc) is 3.03. The molecular weight excluding hydrogens is 278 g/mol. The molecule has 1 aromatic heterocycles. The van der Waals surface area contributed by atoms with Crippen LogP contribution in [0, 0.1) is 5.92 Å². The van der Waals surface area contributed by atoms with Crippen LogP contribution in [0.1, 0.15) is 17.8 Å². The molecule has 1 atom stereocenters. The Kier molecular flexibility index (Phi) is 4.42. The van der Waals surface area contributed by atoms with Crippen LogP contribution < -0.4 is 10.1 Å². The Bertz CT molecular complexity index is 634. The first-order valence-corrected chi connectivity index (χ1v) is 7.67. The van der Waals surface area contributed by atoms with E-state index in [4.69, 9.17) is 4.74 Å². The Labute approximate surface area is 130 Å². The van der Waals surface area contributed by atoms with Crippen molar-refractivity contribution in [2.24, 2.45) is 5.92 Å². The molecule has 0 aliphatic carbocycles. The smallest absolute Gasteiger partial charge is 0.223 e. The van der Waals surface area contributed by atoms with Crippen LogP contribution in [0.15, 0.2) is 36.7 Å². The van der Waals surface area contributed by atoms with Gasteiger partial charge in [0.1, 0.15) is 11.6 Å². The topological polar surface area (TPSA) is 56.1 Å². The maximum atomic E-state index is 12.3. The van der Waals surface area contributed by atoms with E-state index in [9.17, 15) is 4.79 Å². The quantitative estimate of drug-likeness (QED) is 0.916. The van der Waals surface area contributed by atoms with Crippen LogP contribution in [0.2, 0.25) is 0 Å². The van der Waals surface area contributed by atoms with Gasteiger partial charge in [0.25, 0.3) is 0 Å². The first-order chi connectivity index (χ1) is 10.8. The number of rotatable bonds is 5. The van der Waals surface area contributed by atoms with Crippen molar-refractivity contribution in [3.63, 3.8) is 0 Å². The molecule has 0 saturated carbocycles. The molecule has 0 fully saturated rings. The number of carbonyl (C=O) groups excluding carboxylic acids is 1. The van der Waals surface area contributed by atoms with E-state index in [1.165, 1.54) is 5.56 Å². The number of aromatic nitrogens is 2. The second-order valence-corrected chi connectivity index (χ2v) is 5.62. The van der Waals surface area contributed by atoms with Crippen LogP contribution >= 0.6 is 0 Å². The number of hydrogen-bond donors (Lipinski definition) is 1. The summed E-state index contributed by atoms with van der Waals surface area (Å²) in [5.74, 6) is 2.06. The Morgan fingerprint density at radius 2 is 2.23 bits per heavy atom. The number of nitrogens with one attached hydrogen (secondary N) is 1. The van der Waals surface area contributed by atoms with Gasteiger partial charge in [-0.15, -0.1) is 0 Å². The first-order valence-electron chi connectivity index (χ1n) is 7.67. The number of fused-ring (bicyclic) bond motifs is 1. The van der Waals surface area contributed by atoms with E-state index < -0.39 is 0 Å². The molecular formula is C17H21N3O2. The molecule has 0 saturated heterocycles. The average molecular weight is 299 g/mol. The molecule has 1 amide bonds. The van der Waals surface area contributed by atoms with Gasteiger partial charge in [0.05, 0.1) is 7.11 Å². The van der Waals surface area contributed by atoms with Gasteiger partial charge in [-0.3, -0.25) is 4.79 Å². The number of methoxy groups -OCH3 is 1. The second kappa shape index (κ2) is 6.64. The minimum absolute atomic E-state index is 0.0470. The van der Waals surface area contributed by atoms with E-state index in [2.05, 4.69) is 14.9 Å². The molecule has 3 rings (SSSR count). The highest BCUT2D eigenvalue weighted by Gasteiger charge is 2.24. The lowest BCUT2D eigenvalue weighted by Crippen LogP contribution is -2.36. The molecule has 5 nitrogen and oxygen atoms in total. The Balaban J connectivity index is 1.46. The molecule has 22 heavy (non-hydrogen) atoms. The van der Waals surface area contributed by atoms with E-state index in [1.807, 2.05) is 30.5 Å². The summed E-state index contributed by atoms with van der Waals surface area (Å²) in [5.41, 5.74) is 1.19. The number of imidazole rings is 1. The van der Waals surface area contributed by atoms with Gasteiger partial charge in [-0.05, 0) is 30.5 Å². The van der Waals surface area contributed by atoms with Crippen molar-refractivity contribution < 1.29 is 9.53 Å². The fraction of sp³-hybridized carbons (Fsp3) is 0.412. The lowest BCUT2D eigenvalue weighted by molar-refractivity contribution is -0.125. The third-order valence-electron chi connectivity index (χ3n) is 4.19. The monoisotopic (exact) mass is 299 g/mol. The van der Waals surface area contributed by atoms with Crippen LogP contribution in [-0.4, -0.2) is 29.1 Å². The van der Waals surface area contributed by atoms with Crippen molar-refractivity contribution in [1.29, 1.82) is 0 Å². The summed E-state index contributed by atoms with van der Waals surface area (Å²) in [6.45, 7) is 1.54. The third kappa shape index (κ3) is 3.30. The van der Waals surface area contributed by atoms with Gasteiger partial charge in [0.15, 0.2) is 0 Å². The van der Waals surface area contributed by atoms with Gasteiger partial charge >= 0.3 is 0 Å². The minimum atomic E-state index is 0.0470. The Morgan fingerprint density at radius 1 is 1.41 bits per heavy atom. The molecule has 1 unspecified atom stereocenters. The number of ether oxygens (including phenoxy) is 1. The second-order valence-electron chi connectivity index (χ2n) is 5.62. The van der Waals surface area contributed by atoms with E-state index >= 15 is 0 Å². The third-order valence-corrected chi connectivity index (χ3v) is 4.19. The van der Waals surface area contributed by atoms with Crippen molar-refractivity contribution >= 4 is 5.91 Å². The standard InChI is InChI=1S/C17H21N3O2/c1-22-15-4-2-13(3-5-15)6-8-19-17(21)14-7-10-20-11-9-18-16(20)12-14/h2-5,9,11,14H,6-8,10,12H2,1H3,(H,19,21). The molecule has 1 aliphatic rings. The van der Waals surface area contributed by atoms with Crippen molar-refractivity contribution in [1.82, 2.24) is 14.9 Å². The molecule has 2 heterocycles. The zero-order valence-corrected chi connectivity index (χ0v) is 12.8. The maximum Gasteiger partial charge on any atom is 0.223 e. The summed E-state index contributed by atoms with van der Waals surface area (Å²) < 4.78 is 7.26. The van der Waals surface area contributed by atoms with Gasteiger partial charge < -0.3 is 14.6 Å². The fourth-order valence-corrected chi connectivity index (χ4v) is 2.84. The van der Waals surface area contributed by atoms with Gasteiger partial charge in [-0.25, -0.2) is 4.98 Å². The summed E-state index contributed by atoms with van der Waals surface area (Å²) in [7, 11) is 1.66. The van der Waals surface area contributed by atoms with Gasteiger partial charge in [0.2, 0.25) is 5.91 Å². The number of benzene rings is 1. The number of aryl methyl sites for hydroxylation is 1. The summed E-state index contributed by atoms with van der Waals surface area (Å²) in [6, 6.07) is 7.95. The van der Waals surface area contributed by atoms with Crippen LogP contribution in [0.3, 0.4) is 0 Å². The zero-order valence-electron chi connectivity index (χ0n) is 12.8. The van der Waals surface area contributed by atoms with E-state index in [0.29, 0.717) is 6.54 Å². The van der Waals surface area contributed by atoms with Crippen molar-refractivity contribution in [2.45, 2.75) is 25.8 Å².